The Morgan fingerprint density at radius 3 is 0.963 bits per heavy atom. The van der Waals surface area contributed by atoms with Gasteiger partial charge >= 0.3 is 0 Å². The molecule has 0 radical (unpaired) electrons. The standard InChI is InChI=1S/C72H42N8O2/c1-3-9-43(10-4-1)67-75-69(45-19-15-41(16-20-45)47-25-29-61-55(35-47)59-39-73-33-31-63(59)81-61)79-71(77-67)49-23-27-53-57(37-49)65-51-13-7-8-14-52(51)66(53)58-38-50(24-28-54(58)65)72-78-68(44-11-5-2-6-12-44)76-70(80-72)46-21-17-42(18-22-46)48-26-30-62-56(36-48)60-40-74-34-32-64(60)82-62/h1-40,65-66H. The Hall–Kier alpha value is -11.1. The van der Waals surface area contributed by atoms with Crippen LogP contribution in [0.5, 0.6) is 0 Å². The second-order valence-electron chi connectivity index (χ2n) is 21.1. The molecule has 0 amide bonds. The number of hydrogen-bond donors (Lipinski definition) is 0. The summed E-state index contributed by atoms with van der Waals surface area (Å²) in [6.07, 6.45) is 7.23. The zero-order valence-electron chi connectivity index (χ0n) is 43.6. The lowest BCUT2D eigenvalue weighted by molar-refractivity contribution is 0.668. The molecule has 3 aliphatic carbocycles. The zero-order valence-corrected chi connectivity index (χ0v) is 43.6. The van der Waals surface area contributed by atoms with Crippen molar-refractivity contribution in [3.05, 3.63) is 277 Å². The quantitative estimate of drug-likeness (QED) is 0.145. The molecule has 10 nitrogen and oxygen atoms in total. The van der Waals surface area contributed by atoms with Gasteiger partial charge in [-0.15, -0.1) is 0 Å². The van der Waals surface area contributed by atoms with Crippen molar-refractivity contribution in [2.24, 2.45) is 0 Å². The molecular formula is C72H42N8O2. The first-order chi connectivity index (χ1) is 40.6. The fraction of sp³-hybridized carbons (Fsp3) is 0.0278. The summed E-state index contributed by atoms with van der Waals surface area (Å²) in [5.41, 5.74) is 20.8. The lowest BCUT2D eigenvalue weighted by Crippen LogP contribution is -2.27. The van der Waals surface area contributed by atoms with Gasteiger partial charge < -0.3 is 8.83 Å². The van der Waals surface area contributed by atoms with E-state index in [4.69, 9.17) is 38.7 Å². The Morgan fingerprint density at radius 1 is 0.232 bits per heavy atom. The third kappa shape index (κ3) is 7.49. The van der Waals surface area contributed by atoms with Crippen molar-refractivity contribution >= 4 is 43.9 Å². The van der Waals surface area contributed by atoms with E-state index in [2.05, 4.69) is 143 Å². The molecule has 0 aliphatic heterocycles. The summed E-state index contributed by atoms with van der Waals surface area (Å²) >= 11 is 0. The van der Waals surface area contributed by atoms with Gasteiger partial charge in [0.1, 0.15) is 22.3 Å². The van der Waals surface area contributed by atoms with Crippen LogP contribution >= 0.6 is 0 Å². The number of furan rings is 2. The summed E-state index contributed by atoms with van der Waals surface area (Å²) in [4.78, 5) is 39.8. The molecule has 10 heteroatoms. The van der Waals surface area contributed by atoms with Crippen molar-refractivity contribution in [1.82, 2.24) is 39.9 Å². The molecule has 3 aliphatic rings. The van der Waals surface area contributed by atoms with Crippen LogP contribution in [-0.2, 0) is 0 Å². The molecule has 15 aromatic rings. The van der Waals surface area contributed by atoms with E-state index in [1.807, 2.05) is 97.3 Å². The largest absolute Gasteiger partial charge is 0.456 e. The van der Waals surface area contributed by atoms with Crippen LogP contribution in [0.25, 0.3) is 134 Å². The Kier molecular flexibility index (Phi) is 10.2. The minimum atomic E-state index is -0.0184. The fourth-order valence-electron chi connectivity index (χ4n) is 12.4. The maximum Gasteiger partial charge on any atom is 0.164 e. The summed E-state index contributed by atoms with van der Waals surface area (Å²) in [5, 5.41) is 4.06. The first kappa shape index (κ1) is 45.9. The fourth-order valence-corrected chi connectivity index (χ4v) is 12.4. The molecule has 0 saturated carbocycles. The molecule has 6 aromatic heterocycles. The summed E-state index contributed by atoms with van der Waals surface area (Å²) in [5.74, 6) is 3.62. The number of hydrogen-bond acceptors (Lipinski definition) is 10. The van der Waals surface area contributed by atoms with Gasteiger partial charge in [-0.3, -0.25) is 9.97 Å². The number of benzene rings is 9. The van der Waals surface area contributed by atoms with E-state index in [1.165, 1.54) is 33.4 Å². The van der Waals surface area contributed by atoms with Gasteiger partial charge in [0.2, 0.25) is 0 Å². The van der Waals surface area contributed by atoms with E-state index in [-0.39, 0.29) is 11.8 Å². The highest BCUT2D eigenvalue weighted by molar-refractivity contribution is 6.07. The van der Waals surface area contributed by atoms with Gasteiger partial charge in [0.25, 0.3) is 0 Å². The molecule has 2 bridgehead atoms. The Labute approximate surface area is 469 Å². The predicted octanol–water partition coefficient (Wildman–Crippen LogP) is 17.0. The van der Waals surface area contributed by atoms with E-state index in [1.54, 1.807) is 12.4 Å². The smallest absolute Gasteiger partial charge is 0.164 e. The lowest BCUT2D eigenvalue weighted by atomic mass is 9.61. The molecule has 18 rings (SSSR count). The molecule has 0 N–H and O–H groups in total. The van der Waals surface area contributed by atoms with Gasteiger partial charge in [0.05, 0.1) is 0 Å². The summed E-state index contributed by atoms with van der Waals surface area (Å²) in [6, 6.07) is 76.0. The Balaban J connectivity index is 0.730. The van der Waals surface area contributed by atoms with Gasteiger partial charge in [-0.1, -0.05) is 170 Å². The predicted molar refractivity (Wildman–Crippen MR) is 322 cm³/mol. The van der Waals surface area contributed by atoms with E-state index >= 15 is 0 Å². The summed E-state index contributed by atoms with van der Waals surface area (Å²) in [7, 11) is 0. The average Bonchev–Trinajstić information content (AvgIpc) is 2.37. The van der Waals surface area contributed by atoms with Crippen molar-refractivity contribution in [2.75, 3.05) is 0 Å². The summed E-state index contributed by atoms with van der Waals surface area (Å²) < 4.78 is 12.2. The van der Waals surface area contributed by atoms with Gasteiger partial charge in [0.15, 0.2) is 34.9 Å². The minimum Gasteiger partial charge on any atom is -0.456 e. The highest BCUT2D eigenvalue weighted by Crippen LogP contribution is 2.57. The molecule has 9 aromatic carbocycles. The van der Waals surface area contributed by atoms with Crippen LogP contribution in [0.4, 0.5) is 0 Å². The van der Waals surface area contributed by atoms with E-state index in [9.17, 15) is 0 Å². The number of rotatable bonds is 8. The zero-order chi connectivity index (χ0) is 53.8. The van der Waals surface area contributed by atoms with Crippen LogP contribution in [0.3, 0.4) is 0 Å². The second kappa shape index (κ2) is 18.2. The van der Waals surface area contributed by atoms with Crippen LogP contribution in [0.15, 0.2) is 252 Å². The maximum atomic E-state index is 6.09. The molecule has 0 saturated heterocycles. The molecule has 0 spiro atoms. The van der Waals surface area contributed by atoms with Crippen molar-refractivity contribution in [3.63, 3.8) is 0 Å². The molecule has 382 valence electrons. The third-order valence-corrected chi connectivity index (χ3v) is 16.4. The normalized spacial score (nSPS) is 14.1. The molecule has 2 unspecified atom stereocenters. The maximum absolute atomic E-state index is 6.09. The van der Waals surface area contributed by atoms with Crippen LogP contribution in [0, 0.1) is 0 Å². The van der Waals surface area contributed by atoms with Crippen LogP contribution in [0.1, 0.15) is 45.2 Å². The van der Waals surface area contributed by atoms with Gasteiger partial charge in [-0.2, -0.15) is 0 Å². The van der Waals surface area contributed by atoms with Gasteiger partial charge in [-0.05, 0) is 104 Å². The third-order valence-electron chi connectivity index (χ3n) is 16.4. The van der Waals surface area contributed by atoms with Crippen molar-refractivity contribution < 1.29 is 8.83 Å². The topological polar surface area (TPSA) is 129 Å². The molecule has 2 atom stereocenters. The molecule has 0 fully saturated rings. The average molecular weight is 1050 g/mol. The molecular weight excluding hydrogens is 1010 g/mol. The van der Waals surface area contributed by atoms with Gasteiger partial charge in [0, 0.05) is 91.5 Å². The van der Waals surface area contributed by atoms with Crippen LogP contribution in [0.2, 0.25) is 0 Å². The van der Waals surface area contributed by atoms with E-state index in [0.29, 0.717) is 34.9 Å². The number of aromatic nitrogens is 8. The molecule has 6 heterocycles. The first-order valence-corrected chi connectivity index (χ1v) is 27.3. The highest BCUT2D eigenvalue weighted by Gasteiger charge is 2.41. The highest BCUT2D eigenvalue weighted by atomic mass is 16.3. The molecule has 82 heavy (non-hydrogen) atoms. The Bertz CT molecular complexity index is 4740. The van der Waals surface area contributed by atoms with Crippen LogP contribution < -0.4 is 0 Å². The summed E-state index contributed by atoms with van der Waals surface area (Å²) in [6.45, 7) is 0. The van der Waals surface area contributed by atoms with E-state index < -0.39 is 0 Å². The number of fused-ring (bicyclic) bond motifs is 6. The minimum absolute atomic E-state index is 0.0184. The Morgan fingerprint density at radius 2 is 0.549 bits per heavy atom. The van der Waals surface area contributed by atoms with Crippen LogP contribution in [-0.4, -0.2) is 39.9 Å². The van der Waals surface area contributed by atoms with Crippen molar-refractivity contribution in [1.29, 1.82) is 0 Å². The lowest BCUT2D eigenvalue weighted by Gasteiger charge is -2.42. The van der Waals surface area contributed by atoms with E-state index in [0.717, 1.165) is 99.5 Å². The number of pyridine rings is 2. The monoisotopic (exact) mass is 1050 g/mol. The van der Waals surface area contributed by atoms with Gasteiger partial charge in [-0.25, -0.2) is 29.9 Å². The SMILES string of the molecule is c1ccc(-c2nc(-c3ccc(-c4ccc5oc6ccncc6c5c4)cc3)nc(-c3ccc4c(c3)C3c5ccccc5C4c4cc(-c5nc(-c6ccccc6)nc(-c6ccc(-c7ccc8oc9ccncc9c8c7)cc6)n5)ccc43)n2)cc1. The van der Waals surface area contributed by atoms with Crippen molar-refractivity contribution in [3.8, 4) is 90.6 Å². The first-order valence-electron chi connectivity index (χ1n) is 27.3. The van der Waals surface area contributed by atoms with Crippen molar-refractivity contribution in [2.45, 2.75) is 11.8 Å². The number of nitrogens with zero attached hydrogens (tertiary/aromatic N) is 8. The second-order valence-corrected chi connectivity index (χ2v) is 21.1.